The van der Waals surface area contributed by atoms with Gasteiger partial charge in [0.1, 0.15) is 0 Å². The summed E-state index contributed by atoms with van der Waals surface area (Å²) in [5.41, 5.74) is 2.33. The first-order valence-corrected chi connectivity index (χ1v) is 8.70. The standard InChI is InChI=1S/C20H28N2O2/c1-20(2,3)24-15-17(23)14-22-13-12-21-11-7-10-18(21)19(22)16-8-5-4-6-9-16/h4-11,17,19,23H,12-15H2,1-3H3. The summed E-state index contributed by atoms with van der Waals surface area (Å²) >= 11 is 0. The average molecular weight is 328 g/mol. The van der Waals surface area contributed by atoms with Crippen LogP contribution in [0.15, 0.2) is 48.7 Å². The number of hydrogen-bond acceptors (Lipinski definition) is 3. The molecule has 1 aliphatic rings. The number of benzene rings is 1. The molecule has 3 rings (SSSR count). The van der Waals surface area contributed by atoms with Crippen LogP contribution >= 0.6 is 0 Å². The zero-order valence-corrected chi connectivity index (χ0v) is 14.9. The second kappa shape index (κ2) is 7.09. The van der Waals surface area contributed by atoms with Gasteiger partial charge in [-0.1, -0.05) is 30.3 Å². The van der Waals surface area contributed by atoms with Crippen molar-refractivity contribution in [3.63, 3.8) is 0 Å². The predicted octanol–water partition coefficient (Wildman–Crippen LogP) is 3.07. The van der Waals surface area contributed by atoms with Crippen molar-refractivity contribution >= 4 is 0 Å². The molecule has 4 heteroatoms. The van der Waals surface area contributed by atoms with Crippen LogP contribution in [-0.2, 0) is 11.3 Å². The van der Waals surface area contributed by atoms with E-state index in [-0.39, 0.29) is 11.6 Å². The Morgan fingerprint density at radius 1 is 1.12 bits per heavy atom. The number of aliphatic hydroxyl groups excluding tert-OH is 1. The molecule has 2 aromatic rings. The lowest BCUT2D eigenvalue weighted by Gasteiger charge is -2.38. The van der Waals surface area contributed by atoms with Crippen molar-refractivity contribution in [1.29, 1.82) is 0 Å². The minimum Gasteiger partial charge on any atom is -0.389 e. The van der Waals surface area contributed by atoms with Crippen LogP contribution in [-0.4, -0.2) is 46.0 Å². The van der Waals surface area contributed by atoms with E-state index in [1.807, 2.05) is 26.8 Å². The van der Waals surface area contributed by atoms with E-state index in [0.29, 0.717) is 13.2 Å². The number of aliphatic hydroxyl groups is 1. The second-order valence-corrected chi connectivity index (χ2v) is 7.51. The molecule has 0 aliphatic carbocycles. The molecule has 1 aromatic carbocycles. The lowest BCUT2D eigenvalue weighted by molar-refractivity contribution is -0.0593. The fraction of sp³-hybridized carbons (Fsp3) is 0.500. The molecule has 1 aliphatic heterocycles. The molecule has 24 heavy (non-hydrogen) atoms. The van der Waals surface area contributed by atoms with Crippen LogP contribution in [0.25, 0.3) is 0 Å². The molecule has 2 atom stereocenters. The lowest BCUT2D eigenvalue weighted by atomic mass is 9.99. The summed E-state index contributed by atoms with van der Waals surface area (Å²) in [7, 11) is 0. The van der Waals surface area contributed by atoms with Gasteiger partial charge in [-0.2, -0.15) is 0 Å². The lowest BCUT2D eigenvalue weighted by Crippen LogP contribution is -2.44. The molecule has 1 N–H and O–H groups in total. The number of ether oxygens (including phenoxy) is 1. The minimum atomic E-state index is -0.489. The molecule has 0 amide bonds. The maximum absolute atomic E-state index is 10.5. The second-order valence-electron chi connectivity index (χ2n) is 7.51. The molecular formula is C20H28N2O2. The molecule has 0 spiro atoms. The Morgan fingerprint density at radius 3 is 2.58 bits per heavy atom. The third-order valence-corrected chi connectivity index (χ3v) is 4.41. The SMILES string of the molecule is CC(C)(C)OCC(O)CN1CCn2cccc2C1c1ccccc1. The number of aromatic nitrogens is 1. The molecule has 0 radical (unpaired) electrons. The van der Waals surface area contributed by atoms with Gasteiger partial charge in [0.05, 0.1) is 24.4 Å². The molecule has 2 unspecified atom stereocenters. The van der Waals surface area contributed by atoms with Crippen LogP contribution in [0.3, 0.4) is 0 Å². The fourth-order valence-electron chi connectivity index (χ4n) is 3.31. The van der Waals surface area contributed by atoms with E-state index in [4.69, 9.17) is 4.74 Å². The van der Waals surface area contributed by atoms with Crippen molar-refractivity contribution < 1.29 is 9.84 Å². The van der Waals surface area contributed by atoms with Gasteiger partial charge in [0.2, 0.25) is 0 Å². The number of fused-ring (bicyclic) bond motifs is 1. The third-order valence-electron chi connectivity index (χ3n) is 4.41. The van der Waals surface area contributed by atoms with Crippen LogP contribution in [0.4, 0.5) is 0 Å². The van der Waals surface area contributed by atoms with E-state index in [0.717, 1.165) is 13.1 Å². The molecule has 0 bridgehead atoms. The molecule has 0 saturated carbocycles. The van der Waals surface area contributed by atoms with Crippen molar-refractivity contribution in [3.8, 4) is 0 Å². The Hall–Kier alpha value is -1.62. The first kappa shape index (κ1) is 17.2. The predicted molar refractivity (Wildman–Crippen MR) is 96.0 cm³/mol. The fourth-order valence-corrected chi connectivity index (χ4v) is 3.31. The highest BCUT2D eigenvalue weighted by Crippen LogP contribution is 2.32. The van der Waals surface area contributed by atoms with Gasteiger partial charge in [-0.05, 0) is 38.5 Å². The average Bonchev–Trinajstić information content (AvgIpc) is 3.01. The van der Waals surface area contributed by atoms with Gasteiger partial charge in [0.15, 0.2) is 0 Å². The van der Waals surface area contributed by atoms with Gasteiger partial charge >= 0.3 is 0 Å². The number of nitrogens with zero attached hydrogens (tertiary/aromatic N) is 2. The van der Waals surface area contributed by atoms with Gasteiger partial charge in [-0.3, -0.25) is 4.90 Å². The summed E-state index contributed by atoms with van der Waals surface area (Å²) in [4.78, 5) is 2.36. The number of hydrogen-bond donors (Lipinski definition) is 1. The van der Waals surface area contributed by atoms with Gasteiger partial charge < -0.3 is 14.4 Å². The summed E-state index contributed by atoms with van der Waals surface area (Å²) in [6.07, 6.45) is 1.65. The van der Waals surface area contributed by atoms with E-state index < -0.39 is 6.10 Å². The Kier molecular flexibility index (Phi) is 5.09. The van der Waals surface area contributed by atoms with E-state index in [2.05, 4.69) is 52.1 Å². The molecular weight excluding hydrogens is 300 g/mol. The summed E-state index contributed by atoms with van der Waals surface area (Å²) < 4.78 is 8.06. The maximum Gasteiger partial charge on any atom is 0.0900 e. The van der Waals surface area contributed by atoms with Gasteiger partial charge in [-0.25, -0.2) is 0 Å². The summed E-state index contributed by atoms with van der Waals surface area (Å²) in [6, 6.07) is 15.0. The van der Waals surface area contributed by atoms with Crippen molar-refractivity contribution in [2.45, 2.75) is 45.1 Å². The quantitative estimate of drug-likeness (QED) is 0.916. The van der Waals surface area contributed by atoms with Crippen LogP contribution in [0.5, 0.6) is 0 Å². The van der Waals surface area contributed by atoms with Crippen molar-refractivity contribution in [3.05, 3.63) is 59.9 Å². The van der Waals surface area contributed by atoms with Gasteiger partial charge in [0.25, 0.3) is 0 Å². The van der Waals surface area contributed by atoms with Crippen molar-refractivity contribution in [2.75, 3.05) is 19.7 Å². The summed E-state index contributed by atoms with van der Waals surface area (Å²) in [5, 5.41) is 10.5. The van der Waals surface area contributed by atoms with Crippen LogP contribution in [0.1, 0.15) is 38.1 Å². The van der Waals surface area contributed by atoms with E-state index in [9.17, 15) is 5.11 Å². The first-order valence-electron chi connectivity index (χ1n) is 8.70. The van der Waals surface area contributed by atoms with Gasteiger partial charge in [0, 0.05) is 31.5 Å². The first-order chi connectivity index (χ1) is 11.4. The zero-order chi connectivity index (χ0) is 17.2. The molecule has 130 valence electrons. The Bertz CT molecular complexity index is 645. The van der Waals surface area contributed by atoms with E-state index in [1.54, 1.807) is 0 Å². The van der Waals surface area contributed by atoms with Crippen LogP contribution in [0.2, 0.25) is 0 Å². The molecule has 0 saturated heterocycles. The van der Waals surface area contributed by atoms with E-state index in [1.165, 1.54) is 11.3 Å². The minimum absolute atomic E-state index is 0.180. The van der Waals surface area contributed by atoms with Crippen LogP contribution < -0.4 is 0 Å². The Balaban J connectivity index is 1.77. The Morgan fingerprint density at radius 2 is 1.88 bits per heavy atom. The molecule has 4 nitrogen and oxygen atoms in total. The largest absolute Gasteiger partial charge is 0.389 e. The Labute approximate surface area is 144 Å². The van der Waals surface area contributed by atoms with Crippen molar-refractivity contribution in [1.82, 2.24) is 9.47 Å². The molecule has 1 aromatic heterocycles. The highest BCUT2D eigenvalue weighted by Gasteiger charge is 2.30. The van der Waals surface area contributed by atoms with Gasteiger partial charge in [-0.15, -0.1) is 0 Å². The van der Waals surface area contributed by atoms with Crippen LogP contribution in [0, 0.1) is 0 Å². The molecule has 0 fully saturated rings. The smallest absolute Gasteiger partial charge is 0.0900 e. The highest BCUT2D eigenvalue weighted by molar-refractivity contribution is 5.30. The summed E-state index contributed by atoms with van der Waals surface area (Å²) in [5.74, 6) is 0. The normalized spacial score (nSPS) is 19.9. The number of β-amino-alcohol motifs (C(OH)–C–C–N with tert-alkyl or cyclic N) is 1. The molecule has 2 heterocycles. The zero-order valence-electron chi connectivity index (χ0n) is 14.9. The third kappa shape index (κ3) is 4.07. The monoisotopic (exact) mass is 328 g/mol. The number of rotatable bonds is 5. The topological polar surface area (TPSA) is 37.6 Å². The summed E-state index contributed by atoms with van der Waals surface area (Å²) in [6.45, 7) is 8.90. The van der Waals surface area contributed by atoms with E-state index >= 15 is 0 Å². The van der Waals surface area contributed by atoms with Crippen molar-refractivity contribution in [2.24, 2.45) is 0 Å². The highest BCUT2D eigenvalue weighted by atomic mass is 16.5. The maximum atomic E-state index is 10.5.